The molecule has 0 aliphatic carbocycles. The molecule has 7 heavy (non-hydrogen) atoms. The van der Waals surface area contributed by atoms with E-state index in [9.17, 15) is 0 Å². The molecule has 0 saturated carbocycles. The van der Waals surface area contributed by atoms with E-state index in [1.807, 2.05) is 0 Å². The summed E-state index contributed by atoms with van der Waals surface area (Å²) in [6.45, 7) is 2.16. The molecular formula is C4H9BrS2. The molecule has 0 bridgehead atoms. The molecule has 0 heterocycles. The van der Waals surface area contributed by atoms with Gasteiger partial charge in [0.25, 0.3) is 0 Å². The SMILES string of the molecule is CCC(Br)CSS. The van der Waals surface area contributed by atoms with Crippen LogP contribution in [-0.2, 0) is 0 Å². The summed E-state index contributed by atoms with van der Waals surface area (Å²) in [4.78, 5) is 0.648. The summed E-state index contributed by atoms with van der Waals surface area (Å²) in [5.74, 6) is 1.10. The van der Waals surface area contributed by atoms with Crippen molar-refractivity contribution in [2.24, 2.45) is 0 Å². The number of thiol groups is 1. The minimum atomic E-state index is 0.648. The van der Waals surface area contributed by atoms with E-state index in [1.54, 1.807) is 10.8 Å². The van der Waals surface area contributed by atoms with Crippen molar-refractivity contribution in [3.63, 3.8) is 0 Å². The lowest BCUT2D eigenvalue weighted by atomic mass is 10.4. The average molecular weight is 201 g/mol. The zero-order valence-corrected chi connectivity index (χ0v) is 7.52. The maximum atomic E-state index is 4.00. The molecule has 0 radical (unpaired) electrons. The van der Waals surface area contributed by atoms with Crippen LogP contribution in [-0.4, -0.2) is 10.6 Å². The Morgan fingerprint density at radius 3 is 2.57 bits per heavy atom. The van der Waals surface area contributed by atoms with E-state index >= 15 is 0 Å². The molecule has 0 nitrogen and oxygen atoms in total. The van der Waals surface area contributed by atoms with E-state index < -0.39 is 0 Å². The van der Waals surface area contributed by atoms with E-state index in [0.717, 1.165) is 5.75 Å². The van der Waals surface area contributed by atoms with Crippen molar-refractivity contribution < 1.29 is 0 Å². The second kappa shape index (κ2) is 5.32. The predicted octanol–water partition coefficient (Wildman–Crippen LogP) is 2.74. The third kappa shape index (κ3) is 5.04. The van der Waals surface area contributed by atoms with Crippen LogP contribution >= 0.6 is 38.4 Å². The van der Waals surface area contributed by atoms with Gasteiger partial charge in [-0.3, -0.25) is 0 Å². The van der Waals surface area contributed by atoms with Gasteiger partial charge < -0.3 is 0 Å². The topological polar surface area (TPSA) is 0 Å². The summed E-state index contributed by atoms with van der Waals surface area (Å²) in [5.41, 5.74) is 0. The predicted molar refractivity (Wildman–Crippen MR) is 44.5 cm³/mol. The zero-order chi connectivity index (χ0) is 5.70. The molecule has 3 heteroatoms. The molecule has 44 valence electrons. The second-order valence-electron chi connectivity index (χ2n) is 1.30. The van der Waals surface area contributed by atoms with Gasteiger partial charge in [0.1, 0.15) is 0 Å². The van der Waals surface area contributed by atoms with Gasteiger partial charge in [0.2, 0.25) is 0 Å². The van der Waals surface area contributed by atoms with Crippen molar-refractivity contribution in [1.29, 1.82) is 0 Å². The molecule has 0 aromatic heterocycles. The minimum absolute atomic E-state index is 0.648. The molecule has 0 aliphatic heterocycles. The van der Waals surface area contributed by atoms with E-state index in [0.29, 0.717) is 4.83 Å². The van der Waals surface area contributed by atoms with Gasteiger partial charge in [-0.15, -0.1) is 11.7 Å². The molecule has 0 aliphatic rings. The highest BCUT2D eigenvalue weighted by Crippen LogP contribution is 2.14. The van der Waals surface area contributed by atoms with Gasteiger partial charge >= 0.3 is 0 Å². The van der Waals surface area contributed by atoms with Crippen molar-refractivity contribution in [1.82, 2.24) is 0 Å². The highest BCUT2D eigenvalue weighted by Gasteiger charge is 1.96. The van der Waals surface area contributed by atoms with Gasteiger partial charge in [0, 0.05) is 10.6 Å². The maximum absolute atomic E-state index is 4.00. The van der Waals surface area contributed by atoms with E-state index in [-0.39, 0.29) is 0 Å². The van der Waals surface area contributed by atoms with Crippen molar-refractivity contribution in [3.8, 4) is 0 Å². The number of rotatable bonds is 3. The van der Waals surface area contributed by atoms with Crippen molar-refractivity contribution in [2.45, 2.75) is 18.2 Å². The van der Waals surface area contributed by atoms with Gasteiger partial charge in [-0.1, -0.05) is 33.6 Å². The maximum Gasteiger partial charge on any atom is 0.0242 e. The van der Waals surface area contributed by atoms with Gasteiger partial charge in [-0.05, 0) is 6.42 Å². The van der Waals surface area contributed by atoms with Crippen LogP contribution in [0.25, 0.3) is 0 Å². The van der Waals surface area contributed by atoms with Gasteiger partial charge in [-0.2, -0.15) is 0 Å². The molecule has 0 spiro atoms. The molecule has 0 aromatic rings. The molecule has 0 N–H and O–H groups in total. The number of hydrogen-bond donors (Lipinski definition) is 1. The monoisotopic (exact) mass is 200 g/mol. The summed E-state index contributed by atoms with van der Waals surface area (Å²) in [6, 6.07) is 0. The van der Waals surface area contributed by atoms with Crippen molar-refractivity contribution >= 4 is 38.4 Å². The van der Waals surface area contributed by atoms with Gasteiger partial charge in [-0.25, -0.2) is 0 Å². The van der Waals surface area contributed by atoms with Crippen LogP contribution in [0, 0.1) is 0 Å². The molecule has 0 amide bonds. The van der Waals surface area contributed by atoms with E-state index in [2.05, 4.69) is 34.5 Å². The average Bonchev–Trinajstić information content (AvgIpc) is 1.68. The van der Waals surface area contributed by atoms with Crippen LogP contribution in [0.1, 0.15) is 13.3 Å². The lowest BCUT2D eigenvalue weighted by Crippen LogP contribution is -1.95. The molecule has 0 saturated heterocycles. The van der Waals surface area contributed by atoms with Crippen LogP contribution in [0.2, 0.25) is 0 Å². The van der Waals surface area contributed by atoms with Gasteiger partial charge in [0.05, 0.1) is 0 Å². The van der Waals surface area contributed by atoms with Gasteiger partial charge in [0.15, 0.2) is 0 Å². The molecule has 1 atom stereocenters. The molecule has 0 fully saturated rings. The Balaban J connectivity index is 2.83. The first-order valence-electron chi connectivity index (χ1n) is 2.21. The Morgan fingerprint density at radius 1 is 1.86 bits per heavy atom. The fourth-order valence-electron chi connectivity index (χ4n) is 0.199. The van der Waals surface area contributed by atoms with Crippen molar-refractivity contribution in [3.05, 3.63) is 0 Å². The van der Waals surface area contributed by atoms with E-state index in [4.69, 9.17) is 0 Å². The van der Waals surface area contributed by atoms with Crippen LogP contribution < -0.4 is 0 Å². The Hall–Kier alpha value is 1.18. The van der Waals surface area contributed by atoms with Crippen LogP contribution in [0.15, 0.2) is 0 Å². The smallest absolute Gasteiger partial charge is 0.0242 e. The summed E-state index contributed by atoms with van der Waals surface area (Å²) in [6.07, 6.45) is 1.19. The summed E-state index contributed by atoms with van der Waals surface area (Å²) < 4.78 is 0. The first-order chi connectivity index (χ1) is 3.31. The Kier molecular flexibility index (Phi) is 6.22. The highest BCUT2D eigenvalue weighted by atomic mass is 79.9. The quantitative estimate of drug-likeness (QED) is 0.416. The second-order valence-corrected chi connectivity index (χ2v) is 3.96. The number of halogens is 1. The van der Waals surface area contributed by atoms with Crippen LogP contribution in [0.5, 0.6) is 0 Å². The first kappa shape index (κ1) is 8.18. The van der Waals surface area contributed by atoms with Crippen LogP contribution in [0.4, 0.5) is 0 Å². The van der Waals surface area contributed by atoms with Crippen molar-refractivity contribution in [2.75, 3.05) is 5.75 Å². The summed E-state index contributed by atoms with van der Waals surface area (Å²) >= 11 is 7.47. The lowest BCUT2D eigenvalue weighted by molar-refractivity contribution is 0.934. The Bertz CT molecular complexity index is 40.7. The Morgan fingerprint density at radius 2 is 2.43 bits per heavy atom. The normalized spacial score (nSPS) is 14.1. The minimum Gasteiger partial charge on any atom is -0.111 e. The van der Waals surface area contributed by atoms with E-state index in [1.165, 1.54) is 6.42 Å². The Labute approximate surface area is 62.4 Å². The molecular weight excluding hydrogens is 192 g/mol. The largest absolute Gasteiger partial charge is 0.111 e. The lowest BCUT2D eigenvalue weighted by Gasteiger charge is -1.99. The molecule has 1 unspecified atom stereocenters. The highest BCUT2D eigenvalue weighted by molar-refractivity contribution is 9.09. The third-order valence-corrected chi connectivity index (χ3v) is 3.10. The summed E-state index contributed by atoms with van der Waals surface area (Å²) in [7, 11) is 1.58. The number of hydrogen-bond acceptors (Lipinski definition) is 2. The zero-order valence-electron chi connectivity index (χ0n) is 4.22. The number of alkyl halides is 1. The summed E-state index contributed by atoms with van der Waals surface area (Å²) in [5, 5.41) is 0. The fourth-order valence-corrected chi connectivity index (χ4v) is 2.15. The first-order valence-corrected chi connectivity index (χ1v) is 5.17. The third-order valence-electron chi connectivity index (χ3n) is 0.698. The fraction of sp³-hybridized carbons (Fsp3) is 1.00. The molecule has 0 aromatic carbocycles. The van der Waals surface area contributed by atoms with Crippen LogP contribution in [0.3, 0.4) is 0 Å². The molecule has 0 rings (SSSR count). The standard InChI is InChI=1S/C4H9BrS2/c1-2-4(5)3-7-6/h4,6H,2-3H2,1H3.